The summed E-state index contributed by atoms with van der Waals surface area (Å²) in [6, 6.07) is 5.19. The first-order chi connectivity index (χ1) is 8.41. The van der Waals surface area contributed by atoms with Gasteiger partial charge in [-0.2, -0.15) is 4.31 Å². The fourth-order valence-electron chi connectivity index (χ4n) is 1.94. The molecular weight excluding hydrogens is 419 g/mol. The van der Waals surface area contributed by atoms with Gasteiger partial charge in [0.15, 0.2) is 0 Å². The van der Waals surface area contributed by atoms with Crippen LogP contribution in [0.4, 0.5) is 0 Å². The molecule has 19 heavy (non-hydrogen) atoms. The fraction of sp³-hybridized carbons (Fsp3) is 0.455. The molecule has 4 nitrogen and oxygen atoms in total. The lowest BCUT2D eigenvalue weighted by Crippen LogP contribution is -2.42. The number of nitrogens with two attached hydrogens (primary N) is 1. The Bertz CT molecular complexity index is 546. The largest absolute Gasteiger partial charge is 0.328 e. The maximum absolute atomic E-state index is 12.5. The molecule has 0 spiro atoms. The van der Waals surface area contributed by atoms with Crippen LogP contribution in [0.2, 0.25) is 0 Å². The smallest absolute Gasteiger partial charge is 0.244 e. The number of rotatable bonds is 2. The van der Waals surface area contributed by atoms with E-state index in [1.54, 1.807) is 18.2 Å². The summed E-state index contributed by atoms with van der Waals surface area (Å²) in [5, 5.41) is 0. The van der Waals surface area contributed by atoms with Crippen LogP contribution >= 0.6 is 44.3 Å². The molecule has 0 bridgehead atoms. The number of halogens is 3. The Kier molecular flexibility index (Phi) is 6.28. The summed E-state index contributed by atoms with van der Waals surface area (Å²) in [6.07, 6.45) is 1.43. The predicted molar refractivity (Wildman–Crippen MR) is 85.1 cm³/mol. The number of sulfonamides is 1. The van der Waals surface area contributed by atoms with Crippen molar-refractivity contribution in [3.63, 3.8) is 0 Å². The Morgan fingerprint density at radius 3 is 2.32 bits per heavy atom. The minimum atomic E-state index is -3.42. The van der Waals surface area contributed by atoms with E-state index in [0.717, 1.165) is 4.47 Å². The van der Waals surface area contributed by atoms with Crippen molar-refractivity contribution in [1.29, 1.82) is 0 Å². The van der Waals surface area contributed by atoms with Gasteiger partial charge >= 0.3 is 0 Å². The van der Waals surface area contributed by atoms with Crippen molar-refractivity contribution in [1.82, 2.24) is 4.31 Å². The Morgan fingerprint density at radius 2 is 1.79 bits per heavy atom. The molecule has 0 aliphatic carbocycles. The third-order valence-electron chi connectivity index (χ3n) is 3.01. The molecule has 1 aromatic carbocycles. The molecule has 1 fully saturated rings. The van der Waals surface area contributed by atoms with Crippen LogP contribution < -0.4 is 5.73 Å². The summed E-state index contributed by atoms with van der Waals surface area (Å²) in [5.41, 5.74) is 5.79. The number of benzene rings is 1. The highest BCUT2D eigenvalue weighted by Crippen LogP contribution is 2.29. The first kappa shape index (κ1) is 17.4. The van der Waals surface area contributed by atoms with Crippen LogP contribution in [0.1, 0.15) is 12.8 Å². The molecule has 2 rings (SSSR count). The Balaban J connectivity index is 0.00000180. The van der Waals surface area contributed by atoms with Crippen molar-refractivity contribution in [2.24, 2.45) is 5.73 Å². The zero-order valence-electron chi connectivity index (χ0n) is 10.1. The van der Waals surface area contributed by atoms with Crippen LogP contribution in [0.5, 0.6) is 0 Å². The third-order valence-corrected chi connectivity index (χ3v) is 6.38. The van der Waals surface area contributed by atoms with Gasteiger partial charge in [0.1, 0.15) is 0 Å². The van der Waals surface area contributed by atoms with Gasteiger partial charge < -0.3 is 5.73 Å². The van der Waals surface area contributed by atoms with E-state index >= 15 is 0 Å². The van der Waals surface area contributed by atoms with Gasteiger partial charge in [-0.1, -0.05) is 15.9 Å². The summed E-state index contributed by atoms with van der Waals surface area (Å²) in [7, 11) is -3.42. The van der Waals surface area contributed by atoms with Gasteiger partial charge in [-0.25, -0.2) is 8.42 Å². The maximum atomic E-state index is 12.5. The topological polar surface area (TPSA) is 63.4 Å². The lowest BCUT2D eigenvalue weighted by Gasteiger charge is -2.29. The molecule has 0 saturated carbocycles. The van der Waals surface area contributed by atoms with Crippen LogP contribution in [0.15, 0.2) is 32.0 Å². The normalized spacial score (nSPS) is 18.1. The molecule has 1 aliphatic rings. The highest BCUT2D eigenvalue weighted by Gasteiger charge is 2.29. The SMILES string of the molecule is Cl.NC1CCN(S(=O)(=O)c2ccc(Br)cc2Br)CC1. The van der Waals surface area contributed by atoms with E-state index in [4.69, 9.17) is 5.73 Å². The monoisotopic (exact) mass is 432 g/mol. The van der Waals surface area contributed by atoms with Crippen LogP contribution in [-0.2, 0) is 10.0 Å². The molecule has 8 heteroatoms. The van der Waals surface area contributed by atoms with E-state index in [1.165, 1.54) is 4.31 Å². The molecule has 0 radical (unpaired) electrons. The van der Waals surface area contributed by atoms with E-state index in [0.29, 0.717) is 35.3 Å². The average Bonchev–Trinajstić information content (AvgIpc) is 2.29. The lowest BCUT2D eigenvalue weighted by molar-refractivity contribution is 0.320. The summed E-state index contributed by atoms with van der Waals surface area (Å²) < 4.78 is 27.9. The standard InChI is InChI=1S/C11H14Br2N2O2S.ClH/c12-8-1-2-11(10(13)7-8)18(16,17)15-5-3-9(14)4-6-15;/h1-2,7,9H,3-6,14H2;1H. The Morgan fingerprint density at radius 1 is 1.21 bits per heavy atom. The van der Waals surface area contributed by atoms with E-state index in [-0.39, 0.29) is 18.4 Å². The van der Waals surface area contributed by atoms with Gasteiger partial charge in [0.25, 0.3) is 0 Å². The quantitative estimate of drug-likeness (QED) is 0.779. The Hall–Kier alpha value is 0.340. The molecule has 0 atom stereocenters. The molecular formula is C11H15Br2ClN2O2S. The number of nitrogens with zero attached hydrogens (tertiary/aromatic N) is 1. The minimum Gasteiger partial charge on any atom is -0.328 e. The first-order valence-corrected chi connectivity index (χ1v) is 8.64. The third kappa shape index (κ3) is 3.92. The van der Waals surface area contributed by atoms with Crippen molar-refractivity contribution in [3.8, 4) is 0 Å². The van der Waals surface area contributed by atoms with Crippen molar-refractivity contribution < 1.29 is 8.42 Å². The summed E-state index contributed by atoms with van der Waals surface area (Å²) in [4.78, 5) is 0.307. The number of hydrogen-bond donors (Lipinski definition) is 1. The summed E-state index contributed by atoms with van der Waals surface area (Å²) in [6.45, 7) is 0.984. The molecule has 108 valence electrons. The van der Waals surface area contributed by atoms with Crippen LogP contribution in [0.3, 0.4) is 0 Å². The van der Waals surface area contributed by atoms with Crippen LogP contribution in [0.25, 0.3) is 0 Å². The van der Waals surface area contributed by atoms with Gasteiger partial charge in [0.2, 0.25) is 10.0 Å². The van der Waals surface area contributed by atoms with Crippen molar-refractivity contribution in [2.75, 3.05) is 13.1 Å². The average molecular weight is 435 g/mol. The van der Waals surface area contributed by atoms with E-state index in [1.807, 2.05) is 0 Å². The molecule has 1 aromatic rings. The van der Waals surface area contributed by atoms with Gasteiger partial charge in [-0.3, -0.25) is 0 Å². The van der Waals surface area contributed by atoms with Crippen molar-refractivity contribution in [2.45, 2.75) is 23.8 Å². The second kappa shape index (κ2) is 6.87. The summed E-state index contributed by atoms with van der Waals surface area (Å²) in [5.74, 6) is 0. The lowest BCUT2D eigenvalue weighted by atomic mass is 10.1. The molecule has 2 N–H and O–H groups in total. The van der Waals surface area contributed by atoms with E-state index in [9.17, 15) is 8.42 Å². The van der Waals surface area contributed by atoms with Gasteiger partial charge in [0.05, 0.1) is 4.90 Å². The second-order valence-corrected chi connectivity index (χ2v) is 7.99. The molecule has 1 aliphatic heterocycles. The van der Waals surface area contributed by atoms with E-state index in [2.05, 4.69) is 31.9 Å². The number of hydrogen-bond acceptors (Lipinski definition) is 3. The molecule has 1 heterocycles. The molecule has 1 saturated heterocycles. The Labute approximate surface area is 136 Å². The molecule has 0 amide bonds. The summed E-state index contributed by atoms with van der Waals surface area (Å²) >= 11 is 6.61. The van der Waals surface area contributed by atoms with Gasteiger partial charge in [-0.15, -0.1) is 12.4 Å². The predicted octanol–water partition coefficient (Wildman–Crippen LogP) is 2.75. The zero-order chi connectivity index (χ0) is 13.3. The van der Waals surface area contributed by atoms with Gasteiger partial charge in [-0.05, 0) is 47.0 Å². The van der Waals surface area contributed by atoms with E-state index < -0.39 is 10.0 Å². The van der Waals surface area contributed by atoms with Crippen LogP contribution in [0, 0.1) is 0 Å². The molecule has 0 unspecified atom stereocenters. The fourth-order valence-corrected chi connectivity index (χ4v) is 5.12. The second-order valence-electron chi connectivity index (χ2n) is 4.32. The molecule has 0 aromatic heterocycles. The van der Waals surface area contributed by atoms with Crippen molar-refractivity contribution in [3.05, 3.63) is 27.1 Å². The van der Waals surface area contributed by atoms with Crippen molar-refractivity contribution >= 4 is 54.3 Å². The maximum Gasteiger partial charge on any atom is 0.244 e. The first-order valence-electron chi connectivity index (χ1n) is 5.62. The highest BCUT2D eigenvalue weighted by atomic mass is 79.9. The van der Waals surface area contributed by atoms with Crippen LogP contribution in [-0.4, -0.2) is 31.9 Å². The minimum absolute atomic E-state index is 0. The highest BCUT2D eigenvalue weighted by molar-refractivity contribution is 9.11. The zero-order valence-corrected chi connectivity index (χ0v) is 14.9. The number of piperidine rings is 1. The van der Waals surface area contributed by atoms with Gasteiger partial charge in [0, 0.05) is 28.1 Å².